The lowest BCUT2D eigenvalue weighted by Crippen LogP contribution is -2.18. The predicted octanol–water partition coefficient (Wildman–Crippen LogP) is 5.33. The molecule has 1 N–H and O–H groups in total. The van der Waals surface area contributed by atoms with E-state index in [9.17, 15) is 0 Å². The second kappa shape index (κ2) is 10.5. The fourth-order valence-electron chi connectivity index (χ4n) is 3.05. The van der Waals surface area contributed by atoms with Gasteiger partial charge in [-0.1, -0.05) is 41.4 Å². The zero-order chi connectivity index (χ0) is 21.5. The second-order valence-corrected chi connectivity index (χ2v) is 7.84. The highest BCUT2D eigenvalue weighted by Gasteiger charge is 2.09. The van der Waals surface area contributed by atoms with Gasteiger partial charge in [0, 0.05) is 54.6 Å². The Kier molecular flexibility index (Phi) is 7.80. The van der Waals surface area contributed by atoms with Crippen LogP contribution in [0.15, 0.2) is 54.7 Å². The predicted molar refractivity (Wildman–Crippen MR) is 123 cm³/mol. The van der Waals surface area contributed by atoms with Gasteiger partial charge in [-0.2, -0.15) is 0 Å². The van der Waals surface area contributed by atoms with Crippen molar-refractivity contribution >= 4 is 29.0 Å². The van der Waals surface area contributed by atoms with E-state index in [0.717, 1.165) is 29.1 Å². The maximum absolute atomic E-state index is 6.22. The Hall–Kier alpha value is -2.47. The van der Waals surface area contributed by atoms with Gasteiger partial charge in [-0.05, 0) is 35.9 Å². The normalized spacial score (nSPS) is 10.7. The minimum absolute atomic E-state index is 0.332. The van der Waals surface area contributed by atoms with Gasteiger partial charge in [0.15, 0.2) is 11.5 Å². The van der Waals surface area contributed by atoms with Gasteiger partial charge >= 0.3 is 0 Å². The summed E-state index contributed by atoms with van der Waals surface area (Å²) >= 11 is 12.2. The molecule has 3 rings (SSSR count). The van der Waals surface area contributed by atoms with E-state index in [4.69, 9.17) is 32.7 Å². The standard InChI is InChI=1S/C23H25Cl2N3O2/c1-28(2)23-17(5-4-10-27-23)14-26-13-16-6-9-21(22(11-16)29-3)30-15-18-7-8-19(24)12-20(18)25/h4-12,26H,13-15H2,1-3H3. The molecule has 0 spiro atoms. The van der Waals surface area contributed by atoms with Crippen molar-refractivity contribution in [3.05, 3.63) is 81.5 Å². The van der Waals surface area contributed by atoms with Crippen molar-refractivity contribution in [2.45, 2.75) is 19.7 Å². The number of methoxy groups -OCH3 is 1. The number of hydrogen-bond acceptors (Lipinski definition) is 5. The summed E-state index contributed by atoms with van der Waals surface area (Å²) in [6.45, 7) is 1.75. The maximum atomic E-state index is 6.22. The number of rotatable bonds is 9. The molecule has 30 heavy (non-hydrogen) atoms. The van der Waals surface area contributed by atoms with Crippen LogP contribution in [0.2, 0.25) is 10.0 Å². The van der Waals surface area contributed by atoms with Gasteiger partial charge in [-0.15, -0.1) is 0 Å². The molecule has 0 aliphatic carbocycles. The first-order chi connectivity index (χ1) is 14.5. The summed E-state index contributed by atoms with van der Waals surface area (Å²) in [4.78, 5) is 6.44. The van der Waals surface area contributed by atoms with E-state index in [2.05, 4.69) is 16.4 Å². The number of halogens is 2. The zero-order valence-corrected chi connectivity index (χ0v) is 18.8. The van der Waals surface area contributed by atoms with E-state index in [1.54, 1.807) is 25.4 Å². The van der Waals surface area contributed by atoms with Crippen molar-refractivity contribution in [3.63, 3.8) is 0 Å². The van der Waals surface area contributed by atoms with Gasteiger partial charge in [-0.3, -0.25) is 0 Å². The van der Waals surface area contributed by atoms with E-state index in [-0.39, 0.29) is 0 Å². The maximum Gasteiger partial charge on any atom is 0.161 e. The molecular weight excluding hydrogens is 421 g/mol. The van der Waals surface area contributed by atoms with Crippen LogP contribution >= 0.6 is 23.2 Å². The van der Waals surface area contributed by atoms with Crippen LogP contribution in [0.4, 0.5) is 5.82 Å². The van der Waals surface area contributed by atoms with Crippen LogP contribution in [0.5, 0.6) is 11.5 Å². The minimum Gasteiger partial charge on any atom is -0.493 e. The molecule has 5 nitrogen and oxygen atoms in total. The van der Waals surface area contributed by atoms with E-state index in [0.29, 0.717) is 34.7 Å². The van der Waals surface area contributed by atoms with Crippen LogP contribution in [-0.4, -0.2) is 26.2 Å². The molecule has 3 aromatic rings. The number of benzene rings is 2. The first-order valence-corrected chi connectivity index (χ1v) is 10.3. The molecule has 1 aromatic heterocycles. The molecule has 0 saturated carbocycles. The Morgan fingerprint density at radius 2 is 1.80 bits per heavy atom. The monoisotopic (exact) mass is 445 g/mol. The molecule has 0 atom stereocenters. The van der Waals surface area contributed by atoms with Crippen LogP contribution in [0, 0.1) is 0 Å². The lowest BCUT2D eigenvalue weighted by Gasteiger charge is -2.16. The summed E-state index contributed by atoms with van der Waals surface area (Å²) in [5.74, 6) is 2.30. The van der Waals surface area contributed by atoms with Crippen molar-refractivity contribution in [1.29, 1.82) is 0 Å². The van der Waals surface area contributed by atoms with E-state index in [1.807, 2.05) is 49.3 Å². The third kappa shape index (κ3) is 5.79. The Labute approximate surface area is 187 Å². The zero-order valence-electron chi connectivity index (χ0n) is 17.3. The molecule has 1 heterocycles. The first-order valence-electron chi connectivity index (χ1n) is 9.53. The van der Waals surface area contributed by atoms with Crippen molar-refractivity contribution in [2.24, 2.45) is 0 Å². The molecule has 0 amide bonds. The number of anilines is 1. The molecule has 2 aromatic carbocycles. The van der Waals surface area contributed by atoms with Crippen molar-refractivity contribution in [2.75, 3.05) is 26.1 Å². The number of hydrogen-bond donors (Lipinski definition) is 1. The van der Waals surface area contributed by atoms with Crippen LogP contribution in [0.25, 0.3) is 0 Å². The Bertz CT molecular complexity index is 996. The minimum atomic E-state index is 0.332. The molecule has 0 saturated heterocycles. The summed E-state index contributed by atoms with van der Waals surface area (Å²) < 4.78 is 11.4. The fraction of sp³-hybridized carbons (Fsp3) is 0.261. The molecule has 0 aliphatic rings. The highest BCUT2D eigenvalue weighted by Crippen LogP contribution is 2.30. The van der Waals surface area contributed by atoms with Gasteiger partial charge in [0.25, 0.3) is 0 Å². The molecule has 0 radical (unpaired) electrons. The largest absolute Gasteiger partial charge is 0.493 e. The Morgan fingerprint density at radius 1 is 0.967 bits per heavy atom. The van der Waals surface area contributed by atoms with Crippen LogP contribution in [0.3, 0.4) is 0 Å². The summed E-state index contributed by atoms with van der Waals surface area (Å²) in [5, 5.41) is 4.64. The molecule has 158 valence electrons. The van der Waals surface area contributed by atoms with E-state index >= 15 is 0 Å². The highest BCUT2D eigenvalue weighted by atomic mass is 35.5. The number of ether oxygens (including phenoxy) is 2. The Morgan fingerprint density at radius 3 is 2.53 bits per heavy atom. The number of aromatic nitrogens is 1. The molecule has 0 bridgehead atoms. The SMILES string of the molecule is COc1cc(CNCc2cccnc2N(C)C)ccc1OCc1ccc(Cl)cc1Cl. The van der Waals surface area contributed by atoms with Gasteiger partial charge in [0.05, 0.1) is 7.11 Å². The molecule has 0 aliphatic heterocycles. The van der Waals surface area contributed by atoms with Crippen LogP contribution in [0.1, 0.15) is 16.7 Å². The molecule has 0 unspecified atom stereocenters. The molecule has 7 heteroatoms. The average molecular weight is 446 g/mol. The summed E-state index contributed by atoms with van der Waals surface area (Å²) in [6, 6.07) is 15.3. The van der Waals surface area contributed by atoms with E-state index in [1.165, 1.54) is 0 Å². The second-order valence-electron chi connectivity index (χ2n) is 6.99. The van der Waals surface area contributed by atoms with Crippen molar-refractivity contribution in [1.82, 2.24) is 10.3 Å². The number of pyridine rings is 1. The van der Waals surface area contributed by atoms with Gasteiger partial charge in [-0.25, -0.2) is 4.98 Å². The van der Waals surface area contributed by atoms with Gasteiger partial charge in [0.1, 0.15) is 12.4 Å². The van der Waals surface area contributed by atoms with Gasteiger partial charge < -0.3 is 19.7 Å². The molecule has 0 fully saturated rings. The van der Waals surface area contributed by atoms with Crippen molar-refractivity contribution < 1.29 is 9.47 Å². The lowest BCUT2D eigenvalue weighted by molar-refractivity contribution is 0.284. The fourth-order valence-corrected chi connectivity index (χ4v) is 3.51. The van der Waals surface area contributed by atoms with Crippen molar-refractivity contribution in [3.8, 4) is 11.5 Å². The highest BCUT2D eigenvalue weighted by molar-refractivity contribution is 6.35. The summed E-state index contributed by atoms with van der Waals surface area (Å²) in [7, 11) is 5.62. The number of nitrogens with one attached hydrogen (secondary N) is 1. The summed E-state index contributed by atoms with van der Waals surface area (Å²) in [5.41, 5.74) is 3.11. The lowest BCUT2D eigenvalue weighted by atomic mass is 10.2. The average Bonchev–Trinajstić information content (AvgIpc) is 2.74. The van der Waals surface area contributed by atoms with Gasteiger partial charge in [0.2, 0.25) is 0 Å². The quantitative estimate of drug-likeness (QED) is 0.481. The first kappa shape index (κ1) is 22.2. The molecular formula is C23H25Cl2N3O2. The smallest absolute Gasteiger partial charge is 0.161 e. The number of nitrogens with zero attached hydrogens (tertiary/aromatic N) is 2. The topological polar surface area (TPSA) is 46.6 Å². The Balaban J connectivity index is 1.61. The van der Waals surface area contributed by atoms with Crippen LogP contribution in [-0.2, 0) is 19.7 Å². The third-order valence-electron chi connectivity index (χ3n) is 4.56. The third-order valence-corrected chi connectivity index (χ3v) is 5.15. The summed E-state index contributed by atoms with van der Waals surface area (Å²) in [6.07, 6.45) is 1.81. The van der Waals surface area contributed by atoms with E-state index < -0.39 is 0 Å². The van der Waals surface area contributed by atoms with Crippen LogP contribution < -0.4 is 19.7 Å².